The van der Waals surface area contributed by atoms with Gasteiger partial charge >= 0.3 is 6.30 Å². The van der Waals surface area contributed by atoms with Crippen LogP contribution in [0.5, 0.6) is 0 Å². The molecule has 0 radical (unpaired) electrons. The Hall–Kier alpha value is -1.52. The number of aromatic nitrogens is 2. The number of hydrogen-bond donors (Lipinski definition) is 0. The molecule has 1 heterocycles. The number of rotatable bonds is 0. The molecule has 0 aliphatic rings. The third-order valence-corrected chi connectivity index (χ3v) is 1.98. The summed E-state index contributed by atoms with van der Waals surface area (Å²) < 4.78 is 37.9. The lowest BCUT2D eigenvalue weighted by atomic mass is 10.3. The average Bonchev–Trinajstić information content (AvgIpc) is 2.38. The molecule has 2 rings (SSSR count). The fourth-order valence-electron chi connectivity index (χ4n) is 1.47. The highest BCUT2D eigenvalue weighted by atomic mass is 19.4. The number of benzene rings is 1. The summed E-state index contributed by atoms with van der Waals surface area (Å²) >= 11 is 0. The predicted molar refractivity (Wildman–Crippen MR) is 45.8 cm³/mol. The fourth-order valence-corrected chi connectivity index (χ4v) is 1.47. The van der Waals surface area contributed by atoms with Crippen LogP contribution in [0.2, 0.25) is 0 Å². The molecule has 0 aliphatic carbocycles. The van der Waals surface area contributed by atoms with E-state index in [2.05, 4.69) is 4.98 Å². The van der Waals surface area contributed by atoms with Crippen LogP contribution in [-0.4, -0.2) is 9.55 Å². The van der Waals surface area contributed by atoms with E-state index in [-0.39, 0.29) is 15.9 Å². The van der Waals surface area contributed by atoms with Gasteiger partial charge in [0.1, 0.15) is 5.82 Å². The zero-order valence-electron chi connectivity index (χ0n) is 7.34. The summed E-state index contributed by atoms with van der Waals surface area (Å²) in [5, 5.41) is 0. The zero-order chi connectivity index (χ0) is 10.3. The molecule has 14 heavy (non-hydrogen) atoms. The number of fused-ring (bicyclic) bond motifs is 1. The van der Waals surface area contributed by atoms with Crippen LogP contribution >= 0.6 is 0 Å². The quantitative estimate of drug-likeness (QED) is 0.639. The lowest BCUT2D eigenvalue weighted by Gasteiger charge is -2.09. The summed E-state index contributed by atoms with van der Waals surface area (Å²) in [5.74, 6) is -0.0429. The number of nitrogens with zero attached hydrogens (tertiary/aromatic N) is 2. The molecule has 2 nitrogen and oxygen atoms in total. The minimum Gasteiger partial charge on any atom is -0.238 e. The molecule has 0 N–H and O–H groups in total. The zero-order valence-corrected chi connectivity index (χ0v) is 7.34. The van der Waals surface area contributed by atoms with Crippen LogP contribution in [0.1, 0.15) is 5.82 Å². The molecule has 0 amide bonds. The van der Waals surface area contributed by atoms with Crippen LogP contribution in [-0.2, 0) is 6.30 Å². The van der Waals surface area contributed by atoms with Crippen molar-refractivity contribution in [2.45, 2.75) is 13.2 Å². The molecule has 2 aromatic rings. The summed E-state index contributed by atoms with van der Waals surface area (Å²) in [6.45, 7) is 1.34. The molecule has 1 aromatic carbocycles. The van der Waals surface area contributed by atoms with E-state index in [1.807, 2.05) is 0 Å². The first-order chi connectivity index (χ1) is 6.50. The predicted octanol–water partition coefficient (Wildman–Crippen LogP) is 2.82. The molecule has 0 unspecified atom stereocenters. The Kier molecular flexibility index (Phi) is 1.77. The molecule has 0 bridgehead atoms. The Morgan fingerprint density at radius 3 is 2.50 bits per heavy atom. The van der Waals surface area contributed by atoms with Gasteiger partial charge in [0.05, 0.1) is 11.0 Å². The Bertz CT molecular complexity index is 470. The second-order valence-corrected chi connectivity index (χ2v) is 2.95. The van der Waals surface area contributed by atoms with Crippen molar-refractivity contribution in [2.24, 2.45) is 0 Å². The minimum absolute atomic E-state index is 0.0429. The van der Waals surface area contributed by atoms with Crippen molar-refractivity contribution in [3.63, 3.8) is 0 Å². The Morgan fingerprint density at radius 1 is 1.21 bits per heavy atom. The molecule has 5 heteroatoms. The molecular weight excluding hydrogens is 193 g/mol. The largest absolute Gasteiger partial charge is 0.490 e. The first-order valence-electron chi connectivity index (χ1n) is 4.01. The van der Waals surface area contributed by atoms with E-state index >= 15 is 0 Å². The van der Waals surface area contributed by atoms with Crippen LogP contribution in [0.15, 0.2) is 24.3 Å². The fraction of sp³-hybridized carbons (Fsp3) is 0.222. The highest BCUT2D eigenvalue weighted by Crippen LogP contribution is 2.28. The maximum atomic E-state index is 12.5. The van der Waals surface area contributed by atoms with Gasteiger partial charge in [0.15, 0.2) is 0 Å². The molecule has 1 aromatic heterocycles. The monoisotopic (exact) mass is 200 g/mol. The van der Waals surface area contributed by atoms with Crippen molar-refractivity contribution >= 4 is 11.0 Å². The van der Waals surface area contributed by atoms with Gasteiger partial charge < -0.3 is 0 Å². The van der Waals surface area contributed by atoms with Gasteiger partial charge in [-0.25, -0.2) is 9.55 Å². The van der Waals surface area contributed by atoms with E-state index in [4.69, 9.17) is 0 Å². The number of hydrogen-bond acceptors (Lipinski definition) is 1. The molecule has 0 spiro atoms. The molecule has 74 valence electrons. The van der Waals surface area contributed by atoms with Crippen molar-refractivity contribution < 1.29 is 13.2 Å². The van der Waals surface area contributed by atoms with Crippen LogP contribution < -0.4 is 0 Å². The van der Waals surface area contributed by atoms with Gasteiger partial charge in [-0.3, -0.25) is 0 Å². The van der Waals surface area contributed by atoms with E-state index in [0.29, 0.717) is 5.52 Å². The molecule has 0 fully saturated rings. The summed E-state index contributed by atoms with van der Waals surface area (Å²) in [6.07, 6.45) is -4.40. The van der Waals surface area contributed by atoms with E-state index in [0.717, 1.165) is 0 Å². The third kappa shape index (κ3) is 1.25. The number of aryl methyl sites for hydroxylation is 1. The second-order valence-electron chi connectivity index (χ2n) is 2.95. The summed E-state index contributed by atoms with van der Waals surface area (Å²) in [5.41, 5.74) is 0.458. The maximum Gasteiger partial charge on any atom is 0.490 e. The molecule has 0 atom stereocenters. The SMILES string of the molecule is Cc1nc2ccccc2n1C(F)(F)F. The standard InChI is InChI=1S/C9H7F3N2/c1-6-13-7-4-2-3-5-8(7)14(6)9(10,11)12/h2-5H,1H3. The van der Waals surface area contributed by atoms with Crippen LogP contribution in [0.25, 0.3) is 11.0 Å². The minimum atomic E-state index is -4.40. The van der Waals surface area contributed by atoms with Crippen LogP contribution in [0.3, 0.4) is 0 Å². The Labute approximate surface area is 78.0 Å². The Morgan fingerprint density at radius 2 is 1.86 bits per heavy atom. The first kappa shape index (κ1) is 9.05. The number of imidazole rings is 1. The van der Waals surface area contributed by atoms with E-state index in [1.165, 1.54) is 13.0 Å². The summed E-state index contributed by atoms with van der Waals surface area (Å²) in [4.78, 5) is 3.82. The Balaban J connectivity index is 2.81. The van der Waals surface area contributed by atoms with Gasteiger partial charge in [0.25, 0.3) is 0 Å². The van der Waals surface area contributed by atoms with Gasteiger partial charge in [-0.2, -0.15) is 0 Å². The van der Waals surface area contributed by atoms with E-state index < -0.39 is 6.30 Å². The maximum absolute atomic E-state index is 12.5. The molecule has 0 saturated heterocycles. The van der Waals surface area contributed by atoms with Gasteiger partial charge in [0.2, 0.25) is 0 Å². The molecule has 0 saturated carbocycles. The van der Waals surface area contributed by atoms with Crippen molar-refractivity contribution in [3.05, 3.63) is 30.1 Å². The smallest absolute Gasteiger partial charge is 0.238 e. The van der Waals surface area contributed by atoms with Crippen LogP contribution in [0.4, 0.5) is 13.2 Å². The highest BCUT2D eigenvalue weighted by Gasteiger charge is 2.33. The first-order valence-corrected chi connectivity index (χ1v) is 4.01. The third-order valence-electron chi connectivity index (χ3n) is 1.98. The number of halogens is 3. The van der Waals surface area contributed by atoms with E-state index in [9.17, 15) is 13.2 Å². The van der Waals surface area contributed by atoms with E-state index in [1.54, 1.807) is 18.2 Å². The van der Waals surface area contributed by atoms with Crippen LogP contribution in [0, 0.1) is 6.92 Å². The van der Waals surface area contributed by atoms with Crippen molar-refractivity contribution in [3.8, 4) is 0 Å². The van der Waals surface area contributed by atoms with Gasteiger partial charge in [0, 0.05) is 0 Å². The van der Waals surface area contributed by atoms with Crippen molar-refractivity contribution in [1.82, 2.24) is 9.55 Å². The van der Waals surface area contributed by atoms with Gasteiger partial charge in [-0.15, -0.1) is 13.2 Å². The average molecular weight is 200 g/mol. The van der Waals surface area contributed by atoms with Gasteiger partial charge in [-0.05, 0) is 19.1 Å². The van der Waals surface area contributed by atoms with Crippen molar-refractivity contribution in [1.29, 1.82) is 0 Å². The topological polar surface area (TPSA) is 17.8 Å². The lowest BCUT2D eigenvalue weighted by molar-refractivity contribution is -0.202. The number of alkyl halides is 3. The van der Waals surface area contributed by atoms with Gasteiger partial charge in [-0.1, -0.05) is 12.1 Å². The normalized spacial score (nSPS) is 12.3. The second kappa shape index (κ2) is 2.73. The molecule has 0 aliphatic heterocycles. The lowest BCUT2D eigenvalue weighted by Crippen LogP contribution is -2.17. The highest BCUT2D eigenvalue weighted by molar-refractivity contribution is 5.75. The summed E-state index contributed by atoms with van der Waals surface area (Å²) in [6, 6.07) is 6.19. The molecular formula is C9H7F3N2. The summed E-state index contributed by atoms with van der Waals surface area (Å²) in [7, 11) is 0. The number of para-hydroxylation sites is 2. The van der Waals surface area contributed by atoms with Crippen molar-refractivity contribution in [2.75, 3.05) is 0 Å².